The zero-order valence-electron chi connectivity index (χ0n) is 12.6. The molecule has 1 N–H and O–H groups in total. The Kier molecular flexibility index (Phi) is 6.36. The molecule has 1 saturated heterocycles. The third kappa shape index (κ3) is 4.14. The lowest BCUT2D eigenvalue weighted by Gasteiger charge is -2.34. The second-order valence-corrected chi connectivity index (χ2v) is 6.29. The molecule has 2 heterocycles. The molecule has 0 radical (unpaired) electrons. The lowest BCUT2D eigenvalue weighted by Crippen LogP contribution is -2.45. The van der Waals surface area contributed by atoms with Gasteiger partial charge in [0, 0.05) is 30.7 Å². The Morgan fingerprint density at radius 3 is 2.46 bits per heavy atom. The predicted octanol–water partition coefficient (Wildman–Crippen LogP) is 4.48. The van der Waals surface area contributed by atoms with E-state index in [0.717, 1.165) is 32.2 Å². The number of hydrogen-bond acceptors (Lipinski definition) is 3. The van der Waals surface area contributed by atoms with E-state index in [9.17, 15) is 13.2 Å². The summed E-state index contributed by atoms with van der Waals surface area (Å²) in [5.74, 6) is 0.645. The highest BCUT2D eigenvalue weighted by atomic mass is 79.9. The molecule has 0 spiro atoms. The van der Waals surface area contributed by atoms with Gasteiger partial charge in [0.1, 0.15) is 5.76 Å². The number of nitrogens with one attached hydrogen (secondary N) is 1. The molecule has 1 aliphatic heterocycles. The van der Waals surface area contributed by atoms with Gasteiger partial charge < -0.3 is 9.73 Å². The second-order valence-electron chi connectivity index (χ2n) is 5.44. The van der Waals surface area contributed by atoms with Gasteiger partial charge in [0.15, 0.2) is 0 Å². The lowest BCUT2D eigenvalue weighted by atomic mass is 9.99. The molecular formula is C16H17BrClF3N2O. The van der Waals surface area contributed by atoms with E-state index in [0.29, 0.717) is 15.8 Å². The van der Waals surface area contributed by atoms with E-state index in [1.165, 1.54) is 12.1 Å². The molecule has 1 aromatic carbocycles. The van der Waals surface area contributed by atoms with Gasteiger partial charge in [-0.3, -0.25) is 4.90 Å². The van der Waals surface area contributed by atoms with E-state index in [2.05, 4.69) is 26.1 Å². The molecule has 1 aromatic heterocycles. The molecule has 0 saturated carbocycles. The number of alkyl halides is 3. The van der Waals surface area contributed by atoms with Crippen LogP contribution in [-0.2, 0) is 6.18 Å². The van der Waals surface area contributed by atoms with Crippen molar-refractivity contribution >= 4 is 28.3 Å². The van der Waals surface area contributed by atoms with Crippen LogP contribution in [0.2, 0.25) is 0 Å². The lowest BCUT2D eigenvalue weighted by molar-refractivity contribution is -0.137. The molecule has 0 amide bonds. The standard InChI is InChI=1S/C16H16BrF3N2O.ClH/c17-13-4-3-11(16(18,19)20)10-12(13)15(14-2-1-9-23-14)22-7-5-21-6-8-22;/h1-4,9-10,15,21H,5-8H2;1H/t15-;/m0./s1. The summed E-state index contributed by atoms with van der Waals surface area (Å²) in [6, 6.07) is 6.97. The number of nitrogens with zero attached hydrogens (tertiary/aromatic N) is 1. The first kappa shape index (κ1) is 19.3. The first-order chi connectivity index (χ1) is 11.0. The van der Waals surface area contributed by atoms with Crippen molar-refractivity contribution in [3.05, 3.63) is 58.0 Å². The summed E-state index contributed by atoms with van der Waals surface area (Å²) in [6.45, 7) is 3.09. The molecule has 0 bridgehead atoms. The molecular weight excluding hydrogens is 409 g/mol. The van der Waals surface area contributed by atoms with Crippen molar-refractivity contribution in [1.82, 2.24) is 10.2 Å². The largest absolute Gasteiger partial charge is 0.467 e. The number of benzene rings is 1. The highest BCUT2D eigenvalue weighted by molar-refractivity contribution is 9.10. The molecule has 3 rings (SSSR count). The molecule has 2 aromatic rings. The van der Waals surface area contributed by atoms with E-state index in [4.69, 9.17) is 4.42 Å². The topological polar surface area (TPSA) is 28.4 Å². The van der Waals surface area contributed by atoms with Crippen LogP contribution >= 0.6 is 28.3 Å². The quantitative estimate of drug-likeness (QED) is 0.786. The maximum absolute atomic E-state index is 13.1. The van der Waals surface area contributed by atoms with Crippen molar-refractivity contribution in [1.29, 1.82) is 0 Å². The van der Waals surface area contributed by atoms with Gasteiger partial charge >= 0.3 is 6.18 Å². The molecule has 0 unspecified atom stereocenters. The third-order valence-corrected chi connectivity index (χ3v) is 4.67. The highest BCUT2D eigenvalue weighted by Gasteiger charge is 2.34. The van der Waals surface area contributed by atoms with Gasteiger partial charge in [-0.2, -0.15) is 13.2 Å². The Morgan fingerprint density at radius 1 is 1.17 bits per heavy atom. The predicted molar refractivity (Wildman–Crippen MR) is 91.4 cm³/mol. The zero-order chi connectivity index (χ0) is 16.4. The fraction of sp³-hybridized carbons (Fsp3) is 0.375. The smallest absolute Gasteiger partial charge is 0.416 e. The molecule has 0 aliphatic carbocycles. The molecule has 8 heteroatoms. The van der Waals surface area contributed by atoms with Crippen molar-refractivity contribution in [2.24, 2.45) is 0 Å². The van der Waals surface area contributed by atoms with Crippen molar-refractivity contribution in [2.45, 2.75) is 12.2 Å². The van der Waals surface area contributed by atoms with Crippen molar-refractivity contribution < 1.29 is 17.6 Å². The molecule has 1 aliphatic rings. The van der Waals surface area contributed by atoms with E-state index >= 15 is 0 Å². The number of furan rings is 1. The zero-order valence-corrected chi connectivity index (χ0v) is 15.0. The summed E-state index contributed by atoms with van der Waals surface area (Å²) in [5.41, 5.74) is -0.0842. The minimum Gasteiger partial charge on any atom is -0.467 e. The average Bonchev–Trinajstić information content (AvgIpc) is 3.03. The Hall–Kier alpha value is -1.02. The molecule has 132 valence electrons. The summed E-state index contributed by atoms with van der Waals surface area (Å²) in [5, 5.41) is 3.25. The number of rotatable bonds is 3. The Labute approximate surface area is 152 Å². The maximum atomic E-state index is 13.1. The van der Waals surface area contributed by atoms with Crippen molar-refractivity contribution in [2.75, 3.05) is 26.2 Å². The SMILES string of the molecule is Cl.FC(F)(F)c1ccc(Br)c([C@@H](c2ccco2)N2CCNCC2)c1. The van der Waals surface area contributed by atoms with Gasteiger partial charge in [0.25, 0.3) is 0 Å². The van der Waals surface area contributed by atoms with E-state index < -0.39 is 11.7 Å². The summed E-state index contributed by atoms with van der Waals surface area (Å²) in [4.78, 5) is 2.13. The average molecular weight is 426 g/mol. The van der Waals surface area contributed by atoms with E-state index in [1.54, 1.807) is 18.4 Å². The van der Waals surface area contributed by atoms with E-state index in [1.807, 2.05) is 0 Å². The Morgan fingerprint density at radius 2 is 1.88 bits per heavy atom. The first-order valence-corrected chi connectivity index (χ1v) is 8.11. The van der Waals surface area contributed by atoms with Gasteiger partial charge in [-0.05, 0) is 35.9 Å². The van der Waals surface area contributed by atoms with Crippen LogP contribution in [0.5, 0.6) is 0 Å². The van der Waals surface area contributed by atoms with Crippen LogP contribution in [0.1, 0.15) is 22.9 Å². The first-order valence-electron chi connectivity index (χ1n) is 7.31. The molecule has 1 fully saturated rings. The monoisotopic (exact) mass is 424 g/mol. The van der Waals surface area contributed by atoms with E-state index in [-0.39, 0.29) is 18.4 Å². The summed E-state index contributed by atoms with van der Waals surface area (Å²) in [7, 11) is 0. The van der Waals surface area contributed by atoms with Crippen molar-refractivity contribution in [3.8, 4) is 0 Å². The third-order valence-electron chi connectivity index (χ3n) is 3.95. The van der Waals surface area contributed by atoms with Crippen molar-refractivity contribution in [3.63, 3.8) is 0 Å². The Bertz CT molecular complexity index is 658. The van der Waals surface area contributed by atoms with Gasteiger partial charge in [0.2, 0.25) is 0 Å². The normalized spacial score (nSPS) is 17.3. The molecule has 1 atom stereocenters. The van der Waals surface area contributed by atoms with Crippen LogP contribution in [-0.4, -0.2) is 31.1 Å². The highest BCUT2D eigenvalue weighted by Crippen LogP contribution is 2.38. The van der Waals surface area contributed by atoms with Crippen LogP contribution in [0, 0.1) is 0 Å². The van der Waals surface area contributed by atoms with Crippen LogP contribution < -0.4 is 5.32 Å². The van der Waals surface area contributed by atoms with Crippen LogP contribution in [0.4, 0.5) is 13.2 Å². The summed E-state index contributed by atoms with van der Waals surface area (Å²) in [6.07, 6.45) is -2.82. The minimum atomic E-state index is -4.37. The van der Waals surface area contributed by atoms with Crippen LogP contribution in [0.15, 0.2) is 45.5 Å². The second kappa shape index (κ2) is 7.91. The summed E-state index contributed by atoms with van der Waals surface area (Å²) < 4.78 is 45.4. The van der Waals surface area contributed by atoms with Gasteiger partial charge in [0.05, 0.1) is 17.9 Å². The number of piperazine rings is 1. The van der Waals surface area contributed by atoms with Crippen LogP contribution in [0.25, 0.3) is 0 Å². The van der Waals surface area contributed by atoms with Gasteiger partial charge in [-0.15, -0.1) is 12.4 Å². The maximum Gasteiger partial charge on any atom is 0.416 e. The Balaban J connectivity index is 0.00000208. The number of hydrogen-bond donors (Lipinski definition) is 1. The fourth-order valence-corrected chi connectivity index (χ4v) is 3.31. The molecule has 24 heavy (non-hydrogen) atoms. The van der Waals surface area contributed by atoms with Crippen LogP contribution in [0.3, 0.4) is 0 Å². The van der Waals surface area contributed by atoms with Gasteiger partial charge in [-0.1, -0.05) is 15.9 Å². The van der Waals surface area contributed by atoms with Gasteiger partial charge in [-0.25, -0.2) is 0 Å². The minimum absolute atomic E-state index is 0. The number of halogens is 5. The summed E-state index contributed by atoms with van der Waals surface area (Å²) >= 11 is 3.40. The fourth-order valence-electron chi connectivity index (χ4n) is 2.85. The molecule has 3 nitrogen and oxygen atoms in total.